The molecule has 2 heterocycles. The fourth-order valence-corrected chi connectivity index (χ4v) is 2.84. The molecule has 0 unspecified atom stereocenters. The summed E-state index contributed by atoms with van der Waals surface area (Å²) in [7, 11) is 1.78. The molecule has 1 aliphatic heterocycles. The highest BCUT2D eigenvalue weighted by Crippen LogP contribution is 2.21. The number of ether oxygens (including phenoxy) is 1. The first-order valence-corrected chi connectivity index (χ1v) is 7.80. The lowest BCUT2D eigenvalue weighted by Crippen LogP contribution is -2.57. The monoisotopic (exact) mass is 350 g/mol. The molecule has 0 saturated carbocycles. The van der Waals surface area contributed by atoms with Crippen LogP contribution in [-0.4, -0.2) is 46.4 Å². The Balaban J connectivity index is 0.00000208. The van der Waals surface area contributed by atoms with Crippen molar-refractivity contribution in [3.05, 3.63) is 48.3 Å². The maximum atomic E-state index is 12.6. The smallest absolute Gasteiger partial charge is 0.242 e. The number of amides is 1. The fourth-order valence-electron chi connectivity index (χ4n) is 2.84. The first kappa shape index (κ1) is 18.4. The van der Waals surface area contributed by atoms with E-state index in [1.807, 2.05) is 36.5 Å². The number of carbonyl (C=O) groups is 1. The van der Waals surface area contributed by atoms with E-state index in [0.29, 0.717) is 32.6 Å². The van der Waals surface area contributed by atoms with Crippen LogP contribution in [0.5, 0.6) is 0 Å². The van der Waals surface area contributed by atoms with Crippen molar-refractivity contribution in [3.63, 3.8) is 0 Å². The summed E-state index contributed by atoms with van der Waals surface area (Å²) in [6, 6.07) is 9.88. The number of halogens is 1. The second-order valence-corrected chi connectivity index (χ2v) is 6.06. The Morgan fingerprint density at radius 1 is 1.33 bits per heavy atom. The quantitative estimate of drug-likeness (QED) is 0.911. The van der Waals surface area contributed by atoms with Crippen LogP contribution in [0.15, 0.2) is 42.7 Å². The van der Waals surface area contributed by atoms with Crippen LogP contribution in [0, 0.1) is 0 Å². The molecule has 2 aromatic rings. The summed E-state index contributed by atoms with van der Waals surface area (Å²) >= 11 is 0. The van der Waals surface area contributed by atoms with E-state index in [4.69, 9.17) is 10.5 Å². The lowest BCUT2D eigenvalue weighted by atomic mass is 9.90. The number of hydrogen-bond acceptors (Lipinski definition) is 4. The summed E-state index contributed by atoms with van der Waals surface area (Å²) in [4.78, 5) is 14.3. The summed E-state index contributed by atoms with van der Waals surface area (Å²) in [6.45, 7) is 1.58. The predicted molar refractivity (Wildman–Crippen MR) is 94.3 cm³/mol. The zero-order valence-electron chi connectivity index (χ0n) is 13.7. The summed E-state index contributed by atoms with van der Waals surface area (Å²) in [5.41, 5.74) is 7.42. The average molecular weight is 351 g/mol. The number of para-hydroxylation sites is 1. The van der Waals surface area contributed by atoms with Crippen LogP contribution in [0.3, 0.4) is 0 Å². The summed E-state index contributed by atoms with van der Waals surface area (Å²) < 4.78 is 7.11. The maximum absolute atomic E-state index is 12.6. The standard InChI is InChI=1S/C17H22N4O2.ClH/c1-20(16(22)17(18)7-9-23-10-8-17)12-14-11-19-21(13-14)15-5-3-2-4-6-15;/h2-6,11,13H,7-10,12,18H2,1H3;1H. The second kappa shape index (κ2) is 7.79. The van der Waals surface area contributed by atoms with E-state index < -0.39 is 5.54 Å². The van der Waals surface area contributed by atoms with Crippen molar-refractivity contribution in [2.45, 2.75) is 24.9 Å². The molecule has 0 radical (unpaired) electrons. The number of nitrogens with zero attached hydrogens (tertiary/aromatic N) is 3. The minimum atomic E-state index is -0.803. The molecule has 1 saturated heterocycles. The van der Waals surface area contributed by atoms with Gasteiger partial charge in [-0.15, -0.1) is 12.4 Å². The zero-order chi connectivity index (χ0) is 16.3. The number of rotatable bonds is 4. The number of likely N-dealkylation sites (N-methyl/N-ethyl adjacent to an activating group) is 1. The van der Waals surface area contributed by atoms with Crippen molar-refractivity contribution in [1.82, 2.24) is 14.7 Å². The Morgan fingerprint density at radius 2 is 2.00 bits per heavy atom. The van der Waals surface area contributed by atoms with E-state index in [-0.39, 0.29) is 18.3 Å². The van der Waals surface area contributed by atoms with Crippen molar-refractivity contribution in [1.29, 1.82) is 0 Å². The van der Waals surface area contributed by atoms with Crippen LogP contribution in [0.4, 0.5) is 0 Å². The van der Waals surface area contributed by atoms with Crippen LogP contribution in [-0.2, 0) is 16.1 Å². The largest absolute Gasteiger partial charge is 0.381 e. The van der Waals surface area contributed by atoms with Gasteiger partial charge in [0.05, 0.1) is 17.4 Å². The van der Waals surface area contributed by atoms with Crippen LogP contribution < -0.4 is 5.73 Å². The SMILES string of the molecule is CN(Cc1cnn(-c2ccccc2)c1)C(=O)C1(N)CCOCC1.Cl. The molecule has 0 aliphatic carbocycles. The zero-order valence-corrected chi connectivity index (χ0v) is 14.5. The van der Waals surface area contributed by atoms with Gasteiger partial charge in [0, 0.05) is 38.6 Å². The Bertz CT molecular complexity index is 668. The minimum Gasteiger partial charge on any atom is -0.381 e. The molecule has 0 spiro atoms. The van der Waals surface area contributed by atoms with Crippen molar-refractivity contribution >= 4 is 18.3 Å². The molecule has 1 aliphatic rings. The van der Waals surface area contributed by atoms with Crippen molar-refractivity contribution in [3.8, 4) is 5.69 Å². The molecule has 0 atom stereocenters. The second-order valence-electron chi connectivity index (χ2n) is 6.06. The third-order valence-electron chi connectivity index (χ3n) is 4.23. The highest BCUT2D eigenvalue weighted by Gasteiger charge is 2.37. The van der Waals surface area contributed by atoms with Gasteiger partial charge in [-0.25, -0.2) is 4.68 Å². The Hall–Kier alpha value is -1.89. The average Bonchev–Trinajstić information content (AvgIpc) is 3.04. The molecule has 130 valence electrons. The number of benzene rings is 1. The summed E-state index contributed by atoms with van der Waals surface area (Å²) in [5, 5.41) is 4.36. The van der Waals surface area contributed by atoms with Crippen LogP contribution in [0.2, 0.25) is 0 Å². The first-order chi connectivity index (χ1) is 11.1. The van der Waals surface area contributed by atoms with Crippen molar-refractivity contribution in [2.75, 3.05) is 20.3 Å². The normalized spacial score (nSPS) is 16.2. The lowest BCUT2D eigenvalue weighted by Gasteiger charge is -2.35. The number of nitrogens with two attached hydrogens (primary N) is 1. The van der Waals surface area contributed by atoms with E-state index in [9.17, 15) is 4.79 Å². The Kier molecular flexibility index (Phi) is 5.99. The van der Waals surface area contributed by atoms with Crippen LogP contribution >= 0.6 is 12.4 Å². The molecule has 0 bridgehead atoms. The molecule has 1 amide bonds. The van der Waals surface area contributed by atoms with Gasteiger partial charge in [0.2, 0.25) is 5.91 Å². The Morgan fingerprint density at radius 3 is 2.67 bits per heavy atom. The van der Waals surface area contributed by atoms with Gasteiger partial charge in [-0.1, -0.05) is 18.2 Å². The molecule has 1 aromatic carbocycles. The molecule has 24 heavy (non-hydrogen) atoms. The van der Waals surface area contributed by atoms with Gasteiger partial charge < -0.3 is 15.4 Å². The van der Waals surface area contributed by atoms with Gasteiger partial charge in [-0.3, -0.25) is 4.79 Å². The first-order valence-electron chi connectivity index (χ1n) is 7.80. The van der Waals surface area contributed by atoms with Gasteiger partial charge in [0.1, 0.15) is 0 Å². The topological polar surface area (TPSA) is 73.4 Å². The van der Waals surface area contributed by atoms with E-state index in [1.165, 1.54) is 0 Å². The van der Waals surface area contributed by atoms with Crippen molar-refractivity contribution in [2.24, 2.45) is 5.73 Å². The molecule has 2 N–H and O–H groups in total. The van der Waals surface area contributed by atoms with E-state index in [0.717, 1.165) is 11.3 Å². The molecular formula is C17H23ClN4O2. The van der Waals surface area contributed by atoms with E-state index in [2.05, 4.69) is 5.10 Å². The fraction of sp³-hybridized carbons (Fsp3) is 0.412. The molecular weight excluding hydrogens is 328 g/mol. The number of aromatic nitrogens is 2. The third kappa shape index (κ3) is 3.95. The van der Waals surface area contributed by atoms with Crippen molar-refractivity contribution < 1.29 is 9.53 Å². The molecule has 1 aromatic heterocycles. The van der Waals surface area contributed by atoms with Gasteiger partial charge in [-0.2, -0.15) is 5.10 Å². The Labute approximate surface area is 148 Å². The van der Waals surface area contributed by atoms with Gasteiger partial charge in [0.25, 0.3) is 0 Å². The highest BCUT2D eigenvalue weighted by atomic mass is 35.5. The van der Waals surface area contributed by atoms with E-state index >= 15 is 0 Å². The molecule has 3 rings (SSSR count). The highest BCUT2D eigenvalue weighted by molar-refractivity contribution is 5.86. The number of hydrogen-bond donors (Lipinski definition) is 1. The maximum Gasteiger partial charge on any atom is 0.242 e. The molecule has 1 fully saturated rings. The lowest BCUT2D eigenvalue weighted by molar-refractivity contribution is -0.139. The van der Waals surface area contributed by atoms with Crippen LogP contribution in [0.1, 0.15) is 18.4 Å². The summed E-state index contributed by atoms with van der Waals surface area (Å²) in [6.07, 6.45) is 4.86. The van der Waals surface area contributed by atoms with Gasteiger partial charge >= 0.3 is 0 Å². The third-order valence-corrected chi connectivity index (χ3v) is 4.23. The van der Waals surface area contributed by atoms with Crippen LogP contribution in [0.25, 0.3) is 5.69 Å². The minimum absolute atomic E-state index is 0. The van der Waals surface area contributed by atoms with Gasteiger partial charge in [0.15, 0.2) is 0 Å². The molecule has 6 nitrogen and oxygen atoms in total. The molecule has 7 heteroatoms. The predicted octanol–water partition coefficient (Wildman–Crippen LogP) is 1.76. The van der Waals surface area contributed by atoms with Gasteiger partial charge in [-0.05, 0) is 25.0 Å². The summed E-state index contributed by atoms with van der Waals surface area (Å²) in [5.74, 6) is -0.0340. The number of carbonyl (C=O) groups excluding carboxylic acids is 1. The van der Waals surface area contributed by atoms with E-state index in [1.54, 1.807) is 22.8 Å².